The number of nitrogens with one attached hydrogen (secondary N) is 1. The fourth-order valence-electron chi connectivity index (χ4n) is 3.34. The average molecular weight is 383 g/mol. The van der Waals surface area contributed by atoms with Gasteiger partial charge in [-0.25, -0.2) is 9.97 Å². The van der Waals surface area contributed by atoms with Crippen LogP contribution in [0.1, 0.15) is 16.0 Å². The number of aromatic nitrogens is 2. The van der Waals surface area contributed by atoms with Gasteiger partial charge in [0.2, 0.25) is 5.91 Å². The average Bonchev–Trinajstić information content (AvgIpc) is 3.05. The first-order valence-electron chi connectivity index (χ1n) is 8.76. The molecule has 0 bridgehead atoms. The molecule has 0 aliphatic carbocycles. The van der Waals surface area contributed by atoms with Crippen molar-refractivity contribution in [1.29, 1.82) is 0 Å². The molecule has 1 aliphatic heterocycles. The van der Waals surface area contributed by atoms with Crippen LogP contribution in [-0.4, -0.2) is 41.0 Å². The van der Waals surface area contributed by atoms with Crippen LogP contribution in [0.2, 0.25) is 0 Å². The van der Waals surface area contributed by atoms with Crippen molar-refractivity contribution in [3.8, 4) is 5.75 Å². The van der Waals surface area contributed by atoms with Crippen LogP contribution >= 0.6 is 11.3 Å². The van der Waals surface area contributed by atoms with Crippen molar-refractivity contribution >= 4 is 33.3 Å². The Morgan fingerprint density at radius 2 is 2.15 bits per heavy atom. The van der Waals surface area contributed by atoms with Crippen LogP contribution in [0, 0.1) is 0 Å². The number of nitrogens with two attached hydrogens (primary N) is 1. The highest BCUT2D eigenvalue weighted by atomic mass is 32.1. The number of ether oxygens (including phenoxy) is 1. The quantitative estimate of drug-likeness (QED) is 0.700. The van der Waals surface area contributed by atoms with E-state index >= 15 is 0 Å². The van der Waals surface area contributed by atoms with Crippen molar-refractivity contribution < 1.29 is 9.53 Å². The summed E-state index contributed by atoms with van der Waals surface area (Å²) in [5, 5.41) is 3.97. The van der Waals surface area contributed by atoms with Gasteiger partial charge in [-0.2, -0.15) is 0 Å². The van der Waals surface area contributed by atoms with Crippen LogP contribution in [0.15, 0.2) is 30.6 Å². The second-order valence-corrected chi connectivity index (χ2v) is 7.61. The summed E-state index contributed by atoms with van der Waals surface area (Å²) < 4.78 is 5.14. The van der Waals surface area contributed by atoms with Crippen molar-refractivity contribution in [2.75, 3.05) is 25.9 Å². The smallest absolute Gasteiger partial charge is 0.234 e. The van der Waals surface area contributed by atoms with Crippen LogP contribution in [0.3, 0.4) is 0 Å². The fourth-order valence-corrected chi connectivity index (χ4v) is 4.58. The Bertz CT molecular complexity index is 970. The zero-order valence-corrected chi connectivity index (χ0v) is 15.9. The third-order valence-electron chi connectivity index (χ3n) is 4.76. The third kappa shape index (κ3) is 3.72. The Labute approximate surface area is 161 Å². The summed E-state index contributed by atoms with van der Waals surface area (Å²) >= 11 is 1.64. The minimum atomic E-state index is 0.0229. The molecule has 8 heteroatoms. The molecule has 140 valence electrons. The molecule has 27 heavy (non-hydrogen) atoms. The number of carbonyl (C=O) groups is 1. The molecule has 0 unspecified atom stereocenters. The van der Waals surface area contributed by atoms with Crippen LogP contribution in [0.4, 0.5) is 5.82 Å². The van der Waals surface area contributed by atoms with Gasteiger partial charge in [0.15, 0.2) is 0 Å². The molecule has 1 amide bonds. The Morgan fingerprint density at radius 1 is 1.33 bits per heavy atom. The van der Waals surface area contributed by atoms with Gasteiger partial charge in [-0.1, -0.05) is 12.1 Å². The Hall–Kier alpha value is -2.71. The lowest BCUT2D eigenvalue weighted by molar-refractivity contribution is -0.122. The van der Waals surface area contributed by atoms with E-state index in [0.29, 0.717) is 18.9 Å². The minimum absolute atomic E-state index is 0.0229. The topological polar surface area (TPSA) is 93.4 Å². The zero-order chi connectivity index (χ0) is 18.8. The van der Waals surface area contributed by atoms with Gasteiger partial charge in [-0.15, -0.1) is 11.3 Å². The molecule has 0 spiro atoms. The van der Waals surface area contributed by atoms with E-state index < -0.39 is 0 Å². The van der Waals surface area contributed by atoms with Gasteiger partial charge in [0.25, 0.3) is 0 Å². The van der Waals surface area contributed by atoms with Crippen molar-refractivity contribution in [1.82, 2.24) is 20.2 Å². The summed E-state index contributed by atoms with van der Waals surface area (Å²) in [5.41, 5.74) is 8.31. The van der Waals surface area contributed by atoms with Gasteiger partial charge >= 0.3 is 0 Å². The van der Waals surface area contributed by atoms with Gasteiger partial charge in [-0.05, 0) is 29.7 Å². The fraction of sp³-hybridized carbons (Fsp3) is 0.316. The predicted molar refractivity (Wildman–Crippen MR) is 106 cm³/mol. The number of methoxy groups -OCH3 is 1. The lowest BCUT2D eigenvalue weighted by Gasteiger charge is -2.26. The second kappa shape index (κ2) is 7.50. The minimum Gasteiger partial charge on any atom is -0.497 e. The summed E-state index contributed by atoms with van der Waals surface area (Å²) in [5.74, 6) is 1.38. The number of amides is 1. The highest BCUT2D eigenvalue weighted by Crippen LogP contribution is 2.36. The summed E-state index contributed by atoms with van der Waals surface area (Å²) in [7, 11) is 1.64. The first-order valence-corrected chi connectivity index (χ1v) is 9.58. The first-order chi connectivity index (χ1) is 13.1. The van der Waals surface area contributed by atoms with Gasteiger partial charge in [0.1, 0.15) is 22.7 Å². The highest BCUT2D eigenvalue weighted by Gasteiger charge is 2.24. The maximum atomic E-state index is 12.3. The van der Waals surface area contributed by atoms with E-state index in [4.69, 9.17) is 10.5 Å². The molecule has 3 heterocycles. The lowest BCUT2D eigenvalue weighted by Crippen LogP contribution is -2.39. The molecule has 2 aromatic heterocycles. The number of thiophene rings is 1. The maximum absolute atomic E-state index is 12.3. The monoisotopic (exact) mass is 383 g/mol. The first kappa shape index (κ1) is 17.7. The zero-order valence-electron chi connectivity index (χ0n) is 15.1. The summed E-state index contributed by atoms with van der Waals surface area (Å²) in [6.07, 6.45) is 2.36. The van der Waals surface area contributed by atoms with E-state index in [9.17, 15) is 4.79 Å². The van der Waals surface area contributed by atoms with Crippen molar-refractivity contribution in [2.45, 2.75) is 19.5 Å². The number of hydrogen-bond donors (Lipinski definition) is 2. The summed E-state index contributed by atoms with van der Waals surface area (Å²) in [6.45, 7) is 2.46. The molecule has 1 aliphatic rings. The van der Waals surface area contributed by atoms with E-state index in [1.54, 1.807) is 18.4 Å². The summed E-state index contributed by atoms with van der Waals surface area (Å²) in [4.78, 5) is 25.1. The molecular weight excluding hydrogens is 362 g/mol. The molecule has 7 nitrogen and oxygen atoms in total. The summed E-state index contributed by atoms with van der Waals surface area (Å²) in [6, 6.07) is 7.69. The molecule has 3 N–H and O–H groups in total. The molecule has 4 rings (SSSR count). The number of nitrogen functional groups attached to an aromatic ring is 1. The predicted octanol–water partition coefficient (Wildman–Crippen LogP) is 1.96. The molecule has 1 aromatic carbocycles. The number of rotatable bonds is 5. The number of hydrogen-bond acceptors (Lipinski definition) is 7. The Balaban J connectivity index is 1.36. The number of fused-ring (bicyclic) bond motifs is 3. The normalized spacial score (nSPS) is 14.1. The molecule has 0 fully saturated rings. The van der Waals surface area contributed by atoms with Gasteiger partial charge in [-0.3, -0.25) is 9.69 Å². The lowest BCUT2D eigenvalue weighted by atomic mass is 10.1. The molecule has 3 aromatic rings. The van der Waals surface area contributed by atoms with Crippen molar-refractivity contribution in [3.05, 3.63) is 46.6 Å². The molecular formula is C19H21N5O2S. The number of benzene rings is 1. The van der Waals surface area contributed by atoms with Crippen LogP contribution in [-0.2, 0) is 24.3 Å². The largest absolute Gasteiger partial charge is 0.497 e. The van der Waals surface area contributed by atoms with Gasteiger partial charge < -0.3 is 15.8 Å². The third-order valence-corrected chi connectivity index (χ3v) is 5.89. The number of nitrogens with zero attached hydrogens (tertiary/aromatic N) is 3. The van der Waals surface area contributed by atoms with Crippen LogP contribution in [0.5, 0.6) is 5.75 Å². The van der Waals surface area contributed by atoms with Gasteiger partial charge in [0.05, 0.1) is 19.0 Å². The molecule has 0 atom stereocenters. The van der Waals surface area contributed by atoms with Crippen LogP contribution < -0.4 is 15.8 Å². The van der Waals surface area contributed by atoms with E-state index in [2.05, 4.69) is 20.2 Å². The maximum Gasteiger partial charge on any atom is 0.234 e. The number of anilines is 1. The van der Waals surface area contributed by atoms with Crippen molar-refractivity contribution in [3.63, 3.8) is 0 Å². The molecule has 0 saturated heterocycles. The molecule has 0 radical (unpaired) electrons. The highest BCUT2D eigenvalue weighted by molar-refractivity contribution is 7.18. The van der Waals surface area contributed by atoms with Crippen molar-refractivity contribution in [2.24, 2.45) is 0 Å². The Morgan fingerprint density at radius 3 is 2.93 bits per heavy atom. The second-order valence-electron chi connectivity index (χ2n) is 6.53. The number of carbonyl (C=O) groups excluding carboxylic acids is 1. The van der Waals surface area contributed by atoms with Crippen LogP contribution in [0.25, 0.3) is 10.2 Å². The standard InChI is InChI=1S/C19H21N5O2S/c1-26-13-4-2-12(3-5-13)8-21-16(25)10-24-7-6-14-15(9-24)27-19-17(14)18(20)22-11-23-19/h2-5,11H,6-10H2,1H3,(H,21,25)(H2,20,22,23). The Kier molecular flexibility index (Phi) is 4.91. The van der Waals surface area contributed by atoms with E-state index in [1.807, 2.05) is 24.3 Å². The van der Waals surface area contributed by atoms with E-state index in [-0.39, 0.29) is 5.91 Å². The van der Waals surface area contributed by atoms with E-state index in [0.717, 1.165) is 41.0 Å². The van der Waals surface area contributed by atoms with Gasteiger partial charge in [0, 0.05) is 24.5 Å². The van der Waals surface area contributed by atoms with E-state index in [1.165, 1.54) is 16.8 Å². The SMILES string of the molecule is COc1ccc(CNC(=O)CN2CCc3c(sc4ncnc(N)c34)C2)cc1. The molecule has 0 saturated carbocycles.